The number of aromatic nitrogens is 1. The lowest BCUT2D eigenvalue weighted by atomic mass is 9.98. The van der Waals surface area contributed by atoms with Crippen LogP contribution in [0.15, 0.2) is 121 Å². The van der Waals surface area contributed by atoms with Gasteiger partial charge < -0.3 is 4.57 Å². The molecular formula is C32H25N. The van der Waals surface area contributed by atoms with Crippen LogP contribution in [0.5, 0.6) is 0 Å². The lowest BCUT2D eigenvalue weighted by Crippen LogP contribution is -1.92. The SMILES string of the molecule is CCc1ccc(-c2ccc(-c3ccc4c(c3)c3ccccc3n4-c3ccccc3)cc2)cc1. The molecule has 0 N–H and O–H groups in total. The Labute approximate surface area is 194 Å². The van der Waals surface area contributed by atoms with Crippen LogP contribution in [-0.2, 0) is 6.42 Å². The number of hydrogen-bond donors (Lipinski definition) is 0. The standard InChI is InChI=1S/C32H25N/c1-2-23-12-14-24(15-13-23)25-16-18-26(19-17-25)27-20-21-32-30(22-27)29-10-6-7-11-31(29)33(32)28-8-4-3-5-9-28/h3-22H,2H2,1H3. The van der Waals surface area contributed by atoms with E-state index in [1.165, 1.54) is 55.3 Å². The molecule has 6 aromatic rings. The summed E-state index contributed by atoms with van der Waals surface area (Å²) in [5, 5.41) is 2.57. The number of para-hydroxylation sites is 2. The lowest BCUT2D eigenvalue weighted by Gasteiger charge is -2.09. The van der Waals surface area contributed by atoms with Gasteiger partial charge in [0, 0.05) is 16.5 Å². The van der Waals surface area contributed by atoms with Crippen molar-refractivity contribution in [3.63, 3.8) is 0 Å². The van der Waals surface area contributed by atoms with E-state index in [1.54, 1.807) is 0 Å². The second kappa shape index (κ2) is 8.11. The van der Waals surface area contributed by atoms with E-state index in [-0.39, 0.29) is 0 Å². The molecule has 0 amide bonds. The first kappa shape index (κ1) is 19.6. The van der Waals surface area contributed by atoms with Gasteiger partial charge in [0.2, 0.25) is 0 Å². The van der Waals surface area contributed by atoms with E-state index >= 15 is 0 Å². The quantitative estimate of drug-likeness (QED) is 0.267. The lowest BCUT2D eigenvalue weighted by molar-refractivity contribution is 1.14. The fourth-order valence-corrected chi connectivity index (χ4v) is 4.80. The molecule has 0 fully saturated rings. The average molecular weight is 424 g/mol. The molecule has 1 heteroatoms. The largest absolute Gasteiger partial charge is 0.309 e. The maximum atomic E-state index is 2.36. The van der Waals surface area contributed by atoms with Crippen LogP contribution in [0.25, 0.3) is 49.7 Å². The van der Waals surface area contributed by atoms with Crippen LogP contribution in [-0.4, -0.2) is 4.57 Å². The Balaban J connectivity index is 1.44. The first-order valence-corrected chi connectivity index (χ1v) is 11.6. The summed E-state index contributed by atoms with van der Waals surface area (Å²) in [6.07, 6.45) is 1.07. The third-order valence-corrected chi connectivity index (χ3v) is 6.60. The van der Waals surface area contributed by atoms with Crippen LogP contribution in [0.2, 0.25) is 0 Å². The Kier molecular flexibility index (Phi) is 4.81. The van der Waals surface area contributed by atoms with Crippen LogP contribution < -0.4 is 0 Å². The first-order chi connectivity index (χ1) is 16.3. The van der Waals surface area contributed by atoms with Crippen molar-refractivity contribution in [2.75, 3.05) is 0 Å². The monoisotopic (exact) mass is 423 g/mol. The van der Waals surface area contributed by atoms with Crippen molar-refractivity contribution in [1.29, 1.82) is 0 Å². The van der Waals surface area contributed by atoms with Crippen molar-refractivity contribution in [1.82, 2.24) is 4.57 Å². The molecule has 1 aromatic heterocycles. The summed E-state index contributed by atoms with van der Waals surface area (Å²) in [5.41, 5.74) is 10.0. The predicted molar refractivity (Wildman–Crippen MR) is 141 cm³/mol. The molecule has 158 valence electrons. The molecule has 1 nitrogen and oxygen atoms in total. The molecule has 0 atom stereocenters. The second-order valence-electron chi connectivity index (χ2n) is 8.55. The predicted octanol–water partition coefficient (Wildman–Crippen LogP) is 8.68. The molecule has 0 saturated carbocycles. The minimum atomic E-state index is 1.07. The molecule has 1 heterocycles. The highest BCUT2D eigenvalue weighted by Gasteiger charge is 2.12. The molecule has 0 spiro atoms. The van der Waals surface area contributed by atoms with Crippen LogP contribution in [0.4, 0.5) is 0 Å². The van der Waals surface area contributed by atoms with E-state index in [4.69, 9.17) is 0 Å². The minimum Gasteiger partial charge on any atom is -0.309 e. The van der Waals surface area contributed by atoms with Gasteiger partial charge >= 0.3 is 0 Å². The van der Waals surface area contributed by atoms with Crippen LogP contribution in [0, 0.1) is 0 Å². The summed E-state index contributed by atoms with van der Waals surface area (Å²) in [5.74, 6) is 0. The van der Waals surface area contributed by atoms with E-state index < -0.39 is 0 Å². The third kappa shape index (κ3) is 3.43. The number of benzene rings is 5. The Morgan fingerprint density at radius 2 is 1.03 bits per heavy atom. The highest BCUT2D eigenvalue weighted by Crippen LogP contribution is 2.35. The van der Waals surface area contributed by atoms with Gasteiger partial charge in [-0.05, 0) is 64.6 Å². The number of nitrogens with zero attached hydrogens (tertiary/aromatic N) is 1. The fraction of sp³-hybridized carbons (Fsp3) is 0.0625. The smallest absolute Gasteiger partial charge is 0.0541 e. The van der Waals surface area contributed by atoms with Crippen molar-refractivity contribution in [2.24, 2.45) is 0 Å². The highest BCUT2D eigenvalue weighted by molar-refractivity contribution is 6.10. The number of fused-ring (bicyclic) bond motifs is 3. The maximum absolute atomic E-state index is 2.36. The Morgan fingerprint density at radius 1 is 0.485 bits per heavy atom. The molecule has 0 saturated heterocycles. The number of aryl methyl sites for hydroxylation is 1. The zero-order chi connectivity index (χ0) is 22.2. The van der Waals surface area contributed by atoms with E-state index in [9.17, 15) is 0 Å². The average Bonchev–Trinajstić information content (AvgIpc) is 3.23. The molecule has 0 bridgehead atoms. The van der Waals surface area contributed by atoms with Crippen LogP contribution in [0.1, 0.15) is 12.5 Å². The summed E-state index contributed by atoms with van der Waals surface area (Å²) in [6, 6.07) is 43.9. The number of hydrogen-bond acceptors (Lipinski definition) is 0. The Bertz CT molecular complexity index is 1550. The second-order valence-corrected chi connectivity index (χ2v) is 8.55. The van der Waals surface area contributed by atoms with Crippen LogP contribution in [0.3, 0.4) is 0 Å². The Morgan fingerprint density at radius 3 is 1.73 bits per heavy atom. The molecule has 0 aliphatic rings. The van der Waals surface area contributed by atoms with E-state index in [0.29, 0.717) is 0 Å². The normalized spacial score (nSPS) is 11.3. The minimum absolute atomic E-state index is 1.07. The van der Waals surface area contributed by atoms with Gasteiger partial charge in [-0.25, -0.2) is 0 Å². The van der Waals surface area contributed by atoms with E-state index in [0.717, 1.165) is 6.42 Å². The maximum Gasteiger partial charge on any atom is 0.0541 e. The zero-order valence-electron chi connectivity index (χ0n) is 18.7. The molecule has 5 aromatic carbocycles. The van der Waals surface area contributed by atoms with Gasteiger partial charge in [-0.1, -0.05) is 97.9 Å². The topological polar surface area (TPSA) is 4.93 Å². The van der Waals surface area contributed by atoms with Crippen molar-refractivity contribution in [2.45, 2.75) is 13.3 Å². The van der Waals surface area contributed by atoms with Crippen molar-refractivity contribution in [3.05, 3.63) is 127 Å². The highest BCUT2D eigenvalue weighted by atomic mass is 15.0. The first-order valence-electron chi connectivity index (χ1n) is 11.6. The van der Waals surface area contributed by atoms with Gasteiger partial charge in [-0.2, -0.15) is 0 Å². The van der Waals surface area contributed by atoms with Crippen LogP contribution >= 0.6 is 0 Å². The van der Waals surface area contributed by atoms with Gasteiger partial charge in [0.25, 0.3) is 0 Å². The summed E-state index contributed by atoms with van der Waals surface area (Å²) in [4.78, 5) is 0. The van der Waals surface area contributed by atoms with E-state index in [2.05, 4.69) is 133 Å². The summed E-state index contributed by atoms with van der Waals surface area (Å²) >= 11 is 0. The van der Waals surface area contributed by atoms with Crippen molar-refractivity contribution < 1.29 is 0 Å². The molecule has 0 unspecified atom stereocenters. The Hall–Kier alpha value is -4.10. The van der Waals surface area contributed by atoms with Gasteiger partial charge in [0.15, 0.2) is 0 Å². The molecular weight excluding hydrogens is 398 g/mol. The van der Waals surface area contributed by atoms with Crippen molar-refractivity contribution in [3.8, 4) is 27.9 Å². The van der Waals surface area contributed by atoms with E-state index in [1.807, 2.05) is 0 Å². The summed E-state index contributed by atoms with van der Waals surface area (Å²) in [6.45, 7) is 2.19. The van der Waals surface area contributed by atoms with Gasteiger partial charge in [-0.15, -0.1) is 0 Å². The third-order valence-electron chi connectivity index (χ3n) is 6.60. The van der Waals surface area contributed by atoms with Gasteiger partial charge in [0.05, 0.1) is 11.0 Å². The summed E-state index contributed by atoms with van der Waals surface area (Å²) < 4.78 is 2.36. The molecule has 33 heavy (non-hydrogen) atoms. The van der Waals surface area contributed by atoms with Gasteiger partial charge in [0.1, 0.15) is 0 Å². The van der Waals surface area contributed by atoms with Gasteiger partial charge in [-0.3, -0.25) is 0 Å². The zero-order valence-corrected chi connectivity index (χ0v) is 18.7. The number of rotatable bonds is 4. The fourth-order valence-electron chi connectivity index (χ4n) is 4.80. The molecule has 0 aliphatic carbocycles. The van der Waals surface area contributed by atoms with Crippen molar-refractivity contribution >= 4 is 21.8 Å². The summed E-state index contributed by atoms with van der Waals surface area (Å²) in [7, 11) is 0. The molecule has 6 rings (SSSR count). The molecule has 0 radical (unpaired) electrons. The molecule has 0 aliphatic heterocycles.